The van der Waals surface area contributed by atoms with Crippen molar-refractivity contribution in [3.8, 4) is 5.75 Å². The molecule has 94 valence electrons. The summed E-state index contributed by atoms with van der Waals surface area (Å²) in [6, 6.07) is 8.19. The lowest BCUT2D eigenvalue weighted by molar-refractivity contribution is 0.222. The molecule has 1 aromatic carbocycles. The third-order valence-electron chi connectivity index (χ3n) is 3.36. The van der Waals surface area contributed by atoms with Crippen LogP contribution in [0.15, 0.2) is 42.6 Å². The molecule has 3 heteroatoms. The van der Waals surface area contributed by atoms with Gasteiger partial charge in [-0.1, -0.05) is 18.2 Å². The fourth-order valence-electron chi connectivity index (χ4n) is 2.36. The van der Waals surface area contributed by atoms with Crippen molar-refractivity contribution < 1.29 is 4.74 Å². The molecular formula is C15H18N2O. The molecular weight excluding hydrogens is 224 g/mol. The van der Waals surface area contributed by atoms with Crippen molar-refractivity contribution in [1.82, 2.24) is 9.88 Å². The van der Waals surface area contributed by atoms with Crippen LogP contribution in [0.1, 0.15) is 6.42 Å². The third-order valence-corrected chi connectivity index (χ3v) is 3.36. The van der Waals surface area contributed by atoms with E-state index in [1.807, 2.05) is 18.3 Å². The van der Waals surface area contributed by atoms with E-state index in [1.54, 1.807) is 0 Å². The zero-order valence-corrected chi connectivity index (χ0v) is 10.4. The lowest BCUT2D eigenvalue weighted by atomic mass is 10.2. The average Bonchev–Trinajstić information content (AvgIpc) is 2.89. The Hall–Kier alpha value is -1.74. The van der Waals surface area contributed by atoms with Gasteiger partial charge in [0.2, 0.25) is 0 Å². The highest BCUT2D eigenvalue weighted by Gasteiger charge is 2.07. The number of rotatable bonds is 4. The molecule has 1 aliphatic heterocycles. The monoisotopic (exact) mass is 242 g/mol. The largest absolute Gasteiger partial charge is 0.492 e. The van der Waals surface area contributed by atoms with E-state index in [1.165, 1.54) is 0 Å². The first-order chi connectivity index (χ1) is 8.93. The topological polar surface area (TPSA) is 28.3 Å². The molecule has 3 nitrogen and oxygen atoms in total. The second kappa shape index (κ2) is 5.27. The molecule has 0 saturated heterocycles. The fourth-order valence-corrected chi connectivity index (χ4v) is 2.36. The maximum atomic E-state index is 5.89. The van der Waals surface area contributed by atoms with E-state index < -0.39 is 0 Å². The van der Waals surface area contributed by atoms with Crippen molar-refractivity contribution in [3.63, 3.8) is 0 Å². The Bertz CT molecular complexity index is 544. The fraction of sp³-hybridized carbons (Fsp3) is 0.333. The maximum Gasteiger partial charge on any atom is 0.128 e. The van der Waals surface area contributed by atoms with Crippen molar-refractivity contribution in [2.45, 2.75) is 6.42 Å². The molecule has 0 bridgehead atoms. The van der Waals surface area contributed by atoms with Crippen LogP contribution in [0.2, 0.25) is 0 Å². The molecule has 3 rings (SSSR count). The quantitative estimate of drug-likeness (QED) is 0.835. The third kappa shape index (κ3) is 2.41. The van der Waals surface area contributed by atoms with Crippen LogP contribution in [0.3, 0.4) is 0 Å². The first-order valence-electron chi connectivity index (χ1n) is 6.50. The predicted octanol–water partition coefficient (Wildman–Crippen LogP) is 2.81. The van der Waals surface area contributed by atoms with Crippen LogP contribution in [0.5, 0.6) is 5.75 Å². The Morgan fingerprint density at radius 2 is 2.22 bits per heavy atom. The van der Waals surface area contributed by atoms with Crippen LogP contribution in [0.4, 0.5) is 0 Å². The Morgan fingerprint density at radius 3 is 3.11 bits per heavy atom. The first-order valence-corrected chi connectivity index (χ1v) is 6.50. The molecule has 18 heavy (non-hydrogen) atoms. The van der Waals surface area contributed by atoms with Gasteiger partial charge in [0.25, 0.3) is 0 Å². The minimum Gasteiger partial charge on any atom is -0.492 e. The molecule has 2 heterocycles. The second-order valence-electron chi connectivity index (χ2n) is 4.60. The Labute approximate surface area is 107 Å². The van der Waals surface area contributed by atoms with Gasteiger partial charge < -0.3 is 9.72 Å². The van der Waals surface area contributed by atoms with E-state index >= 15 is 0 Å². The molecule has 0 saturated carbocycles. The predicted molar refractivity (Wildman–Crippen MR) is 74.0 cm³/mol. The minimum absolute atomic E-state index is 0.748. The normalized spacial score (nSPS) is 16.2. The Kier molecular flexibility index (Phi) is 3.33. The summed E-state index contributed by atoms with van der Waals surface area (Å²) in [4.78, 5) is 5.61. The molecule has 0 amide bonds. The van der Waals surface area contributed by atoms with Crippen LogP contribution in [-0.4, -0.2) is 36.1 Å². The number of aromatic nitrogens is 1. The zero-order chi connectivity index (χ0) is 12.2. The standard InChI is InChI=1S/C15H18N2O/c1-2-9-17(10-3-1)11-12-18-15-6-4-5-14-13(15)7-8-16-14/h1-2,4-8,16H,3,9-12H2. The van der Waals surface area contributed by atoms with Gasteiger partial charge in [-0.15, -0.1) is 0 Å². The second-order valence-corrected chi connectivity index (χ2v) is 4.60. The van der Waals surface area contributed by atoms with Gasteiger partial charge in [0.15, 0.2) is 0 Å². The molecule has 0 aliphatic carbocycles. The van der Waals surface area contributed by atoms with Crippen LogP contribution >= 0.6 is 0 Å². The summed E-state index contributed by atoms with van der Waals surface area (Å²) in [5, 5.41) is 1.16. The highest BCUT2D eigenvalue weighted by molar-refractivity contribution is 5.85. The van der Waals surface area contributed by atoms with E-state index in [0.717, 1.165) is 49.3 Å². The van der Waals surface area contributed by atoms with Crippen molar-refractivity contribution in [2.75, 3.05) is 26.2 Å². The van der Waals surface area contributed by atoms with E-state index in [9.17, 15) is 0 Å². The number of nitrogens with zero attached hydrogens (tertiary/aromatic N) is 1. The van der Waals surface area contributed by atoms with Gasteiger partial charge in [0.05, 0.1) is 0 Å². The van der Waals surface area contributed by atoms with Gasteiger partial charge in [0.1, 0.15) is 12.4 Å². The maximum absolute atomic E-state index is 5.89. The number of hydrogen-bond donors (Lipinski definition) is 1. The van der Waals surface area contributed by atoms with E-state index in [2.05, 4.69) is 34.2 Å². The van der Waals surface area contributed by atoms with Crippen LogP contribution in [-0.2, 0) is 0 Å². The van der Waals surface area contributed by atoms with Gasteiger partial charge >= 0.3 is 0 Å². The average molecular weight is 242 g/mol. The summed E-state index contributed by atoms with van der Waals surface area (Å²) in [5.41, 5.74) is 1.13. The molecule has 1 N–H and O–H groups in total. The van der Waals surface area contributed by atoms with Gasteiger partial charge in [-0.2, -0.15) is 0 Å². The lowest BCUT2D eigenvalue weighted by Crippen LogP contribution is -2.31. The van der Waals surface area contributed by atoms with Crippen LogP contribution in [0, 0.1) is 0 Å². The van der Waals surface area contributed by atoms with E-state index in [0.29, 0.717) is 0 Å². The van der Waals surface area contributed by atoms with E-state index in [-0.39, 0.29) is 0 Å². The molecule has 0 radical (unpaired) electrons. The molecule has 0 atom stereocenters. The SMILES string of the molecule is C1=CCN(CCOc2cccc3[nH]ccc23)CC1. The molecule has 1 aromatic heterocycles. The summed E-state index contributed by atoms with van der Waals surface area (Å²) < 4.78 is 5.89. The highest BCUT2D eigenvalue weighted by Crippen LogP contribution is 2.24. The van der Waals surface area contributed by atoms with E-state index in [4.69, 9.17) is 4.74 Å². The lowest BCUT2D eigenvalue weighted by Gasteiger charge is -2.22. The van der Waals surface area contributed by atoms with Gasteiger partial charge in [-0.3, -0.25) is 4.90 Å². The number of aromatic amines is 1. The van der Waals surface area contributed by atoms with Crippen molar-refractivity contribution >= 4 is 10.9 Å². The molecule has 0 spiro atoms. The summed E-state index contributed by atoms with van der Waals surface area (Å²) in [5.74, 6) is 0.973. The van der Waals surface area contributed by atoms with Crippen molar-refractivity contribution in [3.05, 3.63) is 42.6 Å². The molecule has 1 aliphatic rings. The van der Waals surface area contributed by atoms with Crippen LogP contribution in [0.25, 0.3) is 10.9 Å². The number of ether oxygens (including phenoxy) is 1. The highest BCUT2D eigenvalue weighted by atomic mass is 16.5. The Morgan fingerprint density at radius 1 is 1.22 bits per heavy atom. The number of fused-ring (bicyclic) bond motifs is 1. The summed E-state index contributed by atoms with van der Waals surface area (Å²) in [6.45, 7) is 3.94. The number of nitrogens with one attached hydrogen (secondary N) is 1. The Balaban J connectivity index is 1.59. The molecule has 2 aromatic rings. The zero-order valence-electron chi connectivity index (χ0n) is 10.4. The smallest absolute Gasteiger partial charge is 0.128 e. The van der Waals surface area contributed by atoms with Gasteiger partial charge in [0, 0.05) is 36.7 Å². The molecule has 0 unspecified atom stereocenters. The minimum atomic E-state index is 0.748. The van der Waals surface area contributed by atoms with Gasteiger partial charge in [-0.05, 0) is 24.6 Å². The summed E-state index contributed by atoms with van der Waals surface area (Å²) >= 11 is 0. The van der Waals surface area contributed by atoms with Crippen molar-refractivity contribution in [1.29, 1.82) is 0 Å². The summed E-state index contributed by atoms with van der Waals surface area (Å²) in [6.07, 6.45) is 7.59. The summed E-state index contributed by atoms with van der Waals surface area (Å²) in [7, 11) is 0. The number of hydrogen-bond acceptors (Lipinski definition) is 2. The number of H-pyrrole nitrogens is 1. The van der Waals surface area contributed by atoms with Crippen LogP contribution < -0.4 is 4.74 Å². The molecule has 0 fully saturated rings. The van der Waals surface area contributed by atoms with Gasteiger partial charge in [-0.25, -0.2) is 0 Å². The first kappa shape index (κ1) is 11.4. The number of benzene rings is 1. The van der Waals surface area contributed by atoms with Crippen molar-refractivity contribution in [2.24, 2.45) is 0 Å².